The average molecular weight is 245 g/mol. The first-order valence-corrected chi connectivity index (χ1v) is 5.91. The fourth-order valence-corrected chi connectivity index (χ4v) is 1.62. The summed E-state index contributed by atoms with van der Waals surface area (Å²) >= 11 is 0. The van der Waals surface area contributed by atoms with Crippen LogP contribution in [0.1, 0.15) is 26.2 Å². The molecule has 0 N–H and O–H groups in total. The van der Waals surface area contributed by atoms with Gasteiger partial charge in [-0.2, -0.15) is 4.98 Å². The van der Waals surface area contributed by atoms with Crippen LogP contribution in [0.4, 0.5) is 0 Å². The van der Waals surface area contributed by atoms with Crippen LogP contribution in [0, 0.1) is 5.92 Å². The van der Waals surface area contributed by atoms with Crippen molar-refractivity contribution in [3.05, 3.63) is 30.3 Å². The first-order chi connectivity index (χ1) is 8.65. The molecule has 0 aliphatic heterocycles. The maximum atomic E-state index is 11.6. The second-order valence-electron chi connectivity index (χ2n) is 4.54. The van der Waals surface area contributed by atoms with Gasteiger partial charge in [-0.25, -0.2) is 0 Å². The Bertz CT molecular complexity index is 520. The Balaban J connectivity index is 2.05. The van der Waals surface area contributed by atoms with Crippen LogP contribution in [-0.2, 0) is 11.2 Å². The summed E-state index contributed by atoms with van der Waals surface area (Å²) in [6, 6.07) is 5.46. The van der Waals surface area contributed by atoms with Crippen molar-refractivity contribution in [2.24, 2.45) is 5.92 Å². The molecule has 0 aromatic carbocycles. The van der Waals surface area contributed by atoms with Crippen LogP contribution in [0.25, 0.3) is 11.5 Å². The Morgan fingerprint density at radius 3 is 2.89 bits per heavy atom. The monoisotopic (exact) mass is 245 g/mol. The van der Waals surface area contributed by atoms with Crippen molar-refractivity contribution in [2.45, 2.75) is 26.7 Å². The molecule has 0 amide bonds. The van der Waals surface area contributed by atoms with Gasteiger partial charge >= 0.3 is 0 Å². The largest absolute Gasteiger partial charge is 0.338 e. The predicted octanol–water partition coefficient (Wildman–Crippen LogP) is 2.29. The highest BCUT2D eigenvalue weighted by atomic mass is 16.5. The fourth-order valence-electron chi connectivity index (χ4n) is 1.62. The first-order valence-electron chi connectivity index (χ1n) is 5.91. The molecule has 5 heteroatoms. The van der Waals surface area contributed by atoms with Crippen molar-refractivity contribution in [1.82, 2.24) is 15.1 Å². The number of aromatic nitrogens is 3. The number of nitrogens with zero attached hydrogens (tertiary/aromatic N) is 3. The molecular weight excluding hydrogens is 230 g/mol. The lowest BCUT2D eigenvalue weighted by molar-refractivity contribution is -0.119. The normalized spacial score (nSPS) is 10.8. The molecule has 0 spiro atoms. The van der Waals surface area contributed by atoms with Crippen molar-refractivity contribution in [1.29, 1.82) is 0 Å². The van der Waals surface area contributed by atoms with Crippen molar-refractivity contribution in [3.8, 4) is 11.5 Å². The Morgan fingerprint density at radius 1 is 1.39 bits per heavy atom. The zero-order valence-electron chi connectivity index (χ0n) is 10.5. The van der Waals surface area contributed by atoms with Gasteiger partial charge in [-0.3, -0.25) is 9.78 Å². The first kappa shape index (κ1) is 12.4. The predicted molar refractivity (Wildman–Crippen MR) is 65.7 cm³/mol. The minimum atomic E-state index is 0.112. The number of pyridine rings is 1. The molecule has 94 valence electrons. The molecule has 2 heterocycles. The van der Waals surface area contributed by atoms with Crippen molar-refractivity contribution in [3.63, 3.8) is 0 Å². The lowest BCUT2D eigenvalue weighted by Crippen LogP contribution is -2.06. The molecule has 0 atom stereocenters. The number of carbonyl (C=O) groups is 1. The molecule has 18 heavy (non-hydrogen) atoms. The van der Waals surface area contributed by atoms with Gasteiger partial charge in [0.1, 0.15) is 11.5 Å². The number of hydrogen-bond donors (Lipinski definition) is 0. The van der Waals surface area contributed by atoms with E-state index in [2.05, 4.69) is 15.1 Å². The van der Waals surface area contributed by atoms with E-state index in [0.717, 1.165) is 0 Å². The molecule has 0 aliphatic rings. The molecule has 0 unspecified atom stereocenters. The SMILES string of the molecule is CC(C)CC(=O)Cc1nc(-c2ccccn2)no1. The lowest BCUT2D eigenvalue weighted by atomic mass is 10.1. The summed E-state index contributed by atoms with van der Waals surface area (Å²) in [5.41, 5.74) is 0.642. The summed E-state index contributed by atoms with van der Waals surface area (Å²) in [5.74, 6) is 1.22. The maximum absolute atomic E-state index is 11.6. The van der Waals surface area contributed by atoms with Crippen LogP contribution in [-0.4, -0.2) is 20.9 Å². The van der Waals surface area contributed by atoms with Gasteiger partial charge in [0, 0.05) is 12.6 Å². The van der Waals surface area contributed by atoms with Crippen LogP contribution in [0.5, 0.6) is 0 Å². The van der Waals surface area contributed by atoms with E-state index in [1.165, 1.54) is 0 Å². The summed E-state index contributed by atoms with van der Waals surface area (Å²) in [6.45, 7) is 4.01. The molecule has 0 bridgehead atoms. The second kappa shape index (κ2) is 5.53. The average Bonchev–Trinajstić information content (AvgIpc) is 2.77. The van der Waals surface area contributed by atoms with Gasteiger partial charge in [-0.05, 0) is 18.1 Å². The zero-order chi connectivity index (χ0) is 13.0. The smallest absolute Gasteiger partial charge is 0.234 e. The van der Waals surface area contributed by atoms with Crippen molar-refractivity contribution in [2.75, 3.05) is 0 Å². The summed E-state index contributed by atoms with van der Waals surface area (Å²) in [4.78, 5) is 19.9. The topological polar surface area (TPSA) is 68.9 Å². The summed E-state index contributed by atoms with van der Waals surface area (Å²) in [5, 5.41) is 3.82. The number of rotatable bonds is 5. The van der Waals surface area contributed by atoms with Gasteiger partial charge in [0.05, 0.1) is 6.42 Å². The van der Waals surface area contributed by atoms with Gasteiger partial charge in [0.25, 0.3) is 0 Å². The molecule has 0 radical (unpaired) electrons. The van der Waals surface area contributed by atoms with Crippen molar-refractivity contribution >= 4 is 5.78 Å². The zero-order valence-corrected chi connectivity index (χ0v) is 10.5. The summed E-state index contributed by atoms with van der Waals surface area (Å²) < 4.78 is 5.05. The van der Waals surface area contributed by atoms with E-state index in [1.807, 2.05) is 26.0 Å². The molecule has 0 fully saturated rings. The van der Waals surface area contributed by atoms with Gasteiger partial charge in [0.15, 0.2) is 0 Å². The van der Waals surface area contributed by atoms with Crippen LogP contribution in [0.3, 0.4) is 0 Å². The van der Waals surface area contributed by atoms with E-state index in [1.54, 1.807) is 12.3 Å². The third-order valence-electron chi connectivity index (χ3n) is 2.35. The highest BCUT2D eigenvalue weighted by Crippen LogP contribution is 2.13. The van der Waals surface area contributed by atoms with Gasteiger partial charge in [0.2, 0.25) is 11.7 Å². The quantitative estimate of drug-likeness (QED) is 0.808. The van der Waals surface area contributed by atoms with Crippen LogP contribution >= 0.6 is 0 Å². The van der Waals surface area contributed by atoms with E-state index < -0.39 is 0 Å². The molecule has 0 saturated carbocycles. The molecular formula is C13H15N3O2. The lowest BCUT2D eigenvalue weighted by Gasteiger charge is -2.00. The Labute approximate surface area is 105 Å². The molecule has 2 rings (SSSR count). The van der Waals surface area contributed by atoms with Crippen LogP contribution in [0.2, 0.25) is 0 Å². The third kappa shape index (κ3) is 3.23. The van der Waals surface area contributed by atoms with E-state index in [0.29, 0.717) is 29.7 Å². The molecule has 2 aromatic rings. The maximum Gasteiger partial charge on any atom is 0.234 e. The van der Waals surface area contributed by atoms with Gasteiger partial charge < -0.3 is 4.52 Å². The number of hydrogen-bond acceptors (Lipinski definition) is 5. The van der Waals surface area contributed by atoms with E-state index in [4.69, 9.17) is 4.52 Å². The highest BCUT2D eigenvalue weighted by molar-refractivity contribution is 5.80. The number of Topliss-reactive ketones (excluding diaryl/α,β-unsaturated/α-hetero) is 1. The van der Waals surface area contributed by atoms with Crippen LogP contribution < -0.4 is 0 Å². The Morgan fingerprint density at radius 2 is 2.22 bits per heavy atom. The van der Waals surface area contributed by atoms with Gasteiger partial charge in [-0.15, -0.1) is 0 Å². The summed E-state index contributed by atoms with van der Waals surface area (Å²) in [7, 11) is 0. The minimum Gasteiger partial charge on any atom is -0.338 e. The minimum absolute atomic E-state index is 0.112. The highest BCUT2D eigenvalue weighted by Gasteiger charge is 2.13. The Hall–Kier alpha value is -2.04. The van der Waals surface area contributed by atoms with Crippen molar-refractivity contribution < 1.29 is 9.32 Å². The van der Waals surface area contributed by atoms with Gasteiger partial charge in [-0.1, -0.05) is 25.1 Å². The van der Waals surface area contributed by atoms with E-state index in [9.17, 15) is 4.79 Å². The number of carbonyl (C=O) groups excluding carboxylic acids is 1. The second-order valence-corrected chi connectivity index (χ2v) is 4.54. The molecule has 0 aliphatic carbocycles. The molecule has 5 nitrogen and oxygen atoms in total. The standard InChI is InChI=1S/C13H15N3O2/c1-9(2)7-10(17)8-12-15-13(16-18-12)11-5-3-4-6-14-11/h3-6,9H,7-8H2,1-2H3. The molecule has 2 aromatic heterocycles. The van der Waals surface area contributed by atoms with E-state index in [-0.39, 0.29) is 12.2 Å². The summed E-state index contributed by atoms with van der Waals surface area (Å²) in [6.07, 6.45) is 2.38. The Kier molecular flexibility index (Phi) is 3.82. The van der Waals surface area contributed by atoms with Crippen LogP contribution in [0.15, 0.2) is 28.9 Å². The fraction of sp³-hybridized carbons (Fsp3) is 0.385. The third-order valence-corrected chi connectivity index (χ3v) is 2.35. The molecule has 0 saturated heterocycles. The number of ketones is 1. The van der Waals surface area contributed by atoms with E-state index >= 15 is 0 Å².